The molecule has 19 aromatic rings. The van der Waals surface area contributed by atoms with Crippen molar-refractivity contribution < 1.29 is 35.8 Å². The molecule has 656 valence electrons. The molecule has 0 saturated heterocycles. The van der Waals surface area contributed by atoms with Gasteiger partial charge in [-0.3, -0.25) is 14.7 Å². The molecule has 14 aromatic heterocycles. The number of benzene rings is 5. The Morgan fingerprint density at radius 3 is 1.11 bits per heavy atom. The standard InChI is InChI=1S/C23H24N4O.C22H23N5O.C21H21N5O.C19H17N5O.C18H19N3O/c1-14-10-11-16-17-8-6-13-25-22(17)28-20(16)19(14)26-15(2)27(23(3,4)5)21-18(26)9-7-12-24-21;1-13-8-9-15-16-7-6-10-25-21(16)28-18(15)17(13)26-14(2)27(22(3,4)5)20-19(26)23-11-12-24-20;1-12(2)25-14(4)26(20-19(25)22-10-11-23-20)17-13(3)7-8-15-16-6-5-9-24-21(16)27-18(15)17;1-11-6-7-13-14-5-4-8-22-19(14)25-16(13)15(11)24-12(2)23(3)17-18(24)21-10-9-20-17;1-11-5-7-14-15-8-6-12(2)19-18(15)22-17(14)16(11)21-10-9-20(4)13(21)3/h6-13,15H,1-5H3;6-12,14H,1-5H3;5-12,14H,1-4H3;4-10,12H,1-3H3;5-10,13H,1-4H3/i2*3D3;12D;3D3;. The van der Waals surface area contributed by atoms with Gasteiger partial charge in [0.25, 0.3) is 0 Å². The van der Waals surface area contributed by atoms with Crippen molar-refractivity contribution in [3.05, 3.63) is 248 Å². The fourth-order valence-electron chi connectivity index (χ4n) is 19.2. The van der Waals surface area contributed by atoms with Gasteiger partial charge in [-0.25, -0.2) is 59.8 Å². The summed E-state index contributed by atoms with van der Waals surface area (Å²) < 4.78 is 112. The third kappa shape index (κ3) is 13.5. The Hall–Kier alpha value is -15.0. The zero-order chi connectivity index (χ0) is 98.9. The Balaban J connectivity index is 0.000000108. The summed E-state index contributed by atoms with van der Waals surface area (Å²) in [6.07, 6.45) is 21.4. The van der Waals surface area contributed by atoms with Gasteiger partial charge in [-0.15, -0.1) is 0 Å². The van der Waals surface area contributed by atoms with Crippen LogP contribution in [0.5, 0.6) is 0 Å². The van der Waals surface area contributed by atoms with Crippen LogP contribution in [-0.4, -0.2) is 127 Å². The van der Waals surface area contributed by atoms with E-state index in [1.165, 1.54) is 16.7 Å². The fourth-order valence-corrected chi connectivity index (χ4v) is 19.2. The molecule has 27 heteroatoms. The van der Waals surface area contributed by atoms with E-state index in [1.807, 2.05) is 178 Å². The first kappa shape index (κ1) is 72.1. The SMILES string of the molecule is Cc1ccc2c(n1)oc1c(N3C=CN(C)C3C)c(C)ccc12.[2H]C(C)(C)N1c2nccnc2N(c2c(C)ccc3c2oc2ncccc23)C1C.[2H]C([2H])([2H])C(C)(C)N1c2ncccc2N(c2c(C)ccc3c2oc2ncccc23)C1C.[2H]C([2H])([2H])C(C)(C)N1c2nccnc2N(c2c(C)ccc3c2oc2ncccc23)C1C.[2H]C([2H])([2H])N1c2nccnc2N(c2c(C)ccc3c2oc2ncccc23)C1C. The molecule has 0 aliphatic carbocycles. The van der Waals surface area contributed by atoms with Crippen molar-refractivity contribution in [2.45, 2.75) is 179 Å². The number of aromatic nitrogens is 12. The summed E-state index contributed by atoms with van der Waals surface area (Å²) in [4.78, 5) is 73.2. The minimum atomic E-state index is -2.35. The first-order chi connectivity index (χ1) is 66.6. The third-order valence-electron chi connectivity index (χ3n) is 25.2. The smallest absolute Gasteiger partial charge is 0.227 e. The number of fused-ring (bicyclic) bond motifs is 19. The van der Waals surface area contributed by atoms with Gasteiger partial charge < -0.3 is 56.4 Å². The summed E-state index contributed by atoms with van der Waals surface area (Å²) in [6, 6.07) is 43.3. The van der Waals surface area contributed by atoms with E-state index >= 15 is 0 Å². The Morgan fingerprint density at radius 2 is 0.669 bits per heavy atom. The number of aryl methyl sites for hydroxylation is 6. The number of rotatable bonds is 6. The van der Waals surface area contributed by atoms with Gasteiger partial charge in [0.05, 0.1) is 35.5 Å². The minimum absolute atomic E-state index is 0.143. The van der Waals surface area contributed by atoms with Gasteiger partial charge in [0.1, 0.15) is 30.8 Å². The van der Waals surface area contributed by atoms with Gasteiger partial charge in [-0.05, 0) is 232 Å². The van der Waals surface area contributed by atoms with Crippen LogP contribution in [0.2, 0.25) is 0 Å². The third-order valence-corrected chi connectivity index (χ3v) is 25.2. The molecule has 5 atom stereocenters. The molecule has 5 aromatic carbocycles. The van der Waals surface area contributed by atoms with E-state index < -0.39 is 43.9 Å². The van der Waals surface area contributed by atoms with Gasteiger partial charge >= 0.3 is 0 Å². The lowest BCUT2D eigenvalue weighted by Gasteiger charge is -2.39. The molecule has 0 saturated carbocycles. The lowest BCUT2D eigenvalue weighted by Crippen LogP contribution is -2.49. The molecule has 0 fully saturated rings. The molecule has 0 N–H and O–H groups in total. The molecular formula is C103H104N22O5. The molecule has 0 bridgehead atoms. The number of hydrogen-bond acceptors (Lipinski definition) is 27. The first-order valence-electron chi connectivity index (χ1n) is 48.3. The number of nitrogens with zero attached hydrogens (tertiary/aromatic N) is 22. The van der Waals surface area contributed by atoms with Crippen LogP contribution >= 0.6 is 0 Å². The fraction of sp³-hybridized carbons (Fsp3) is 0.282. The van der Waals surface area contributed by atoms with E-state index in [-0.39, 0.29) is 24.7 Å². The van der Waals surface area contributed by atoms with Crippen LogP contribution in [0.1, 0.15) is 137 Å². The van der Waals surface area contributed by atoms with E-state index in [2.05, 4.69) is 169 Å². The van der Waals surface area contributed by atoms with E-state index in [4.69, 9.17) is 35.8 Å². The number of anilines is 13. The maximum atomic E-state index is 8.65. The largest absolute Gasteiger partial charge is 0.435 e. The van der Waals surface area contributed by atoms with Crippen molar-refractivity contribution in [2.75, 3.05) is 58.1 Å². The highest BCUT2D eigenvalue weighted by molar-refractivity contribution is 6.14. The monoisotopic (exact) mass is 1740 g/mol. The highest BCUT2D eigenvalue weighted by atomic mass is 16.4. The molecule has 0 radical (unpaired) electrons. The predicted octanol–water partition coefficient (Wildman–Crippen LogP) is 23.9. The maximum absolute atomic E-state index is 8.65. The molecule has 0 amide bonds. The maximum Gasteiger partial charge on any atom is 0.227 e. The van der Waals surface area contributed by atoms with Gasteiger partial charge in [-0.1, -0.05) is 60.7 Å². The van der Waals surface area contributed by atoms with Crippen molar-refractivity contribution in [3.63, 3.8) is 0 Å². The minimum Gasteiger partial charge on any atom is -0.435 e. The topological polar surface area (TPSA) is 253 Å². The Labute approximate surface area is 767 Å². The molecule has 19 heterocycles. The zero-order valence-electron chi connectivity index (χ0n) is 85.5. The van der Waals surface area contributed by atoms with E-state index in [9.17, 15) is 0 Å². The van der Waals surface area contributed by atoms with E-state index in [0.717, 1.165) is 139 Å². The number of hydrogen-bond donors (Lipinski definition) is 0. The van der Waals surface area contributed by atoms with Crippen molar-refractivity contribution in [3.8, 4) is 0 Å². The van der Waals surface area contributed by atoms with Crippen LogP contribution in [-0.2, 0) is 0 Å². The lowest BCUT2D eigenvalue weighted by molar-refractivity contribution is 0.383. The van der Waals surface area contributed by atoms with Gasteiger partial charge in [0.15, 0.2) is 68.6 Å². The first-order valence-corrected chi connectivity index (χ1v) is 43.3. The normalized spacial score (nSPS) is 18.6. The highest BCUT2D eigenvalue weighted by Gasteiger charge is 2.46. The van der Waals surface area contributed by atoms with E-state index in [0.29, 0.717) is 74.6 Å². The molecule has 5 aliphatic heterocycles. The summed E-state index contributed by atoms with van der Waals surface area (Å²) in [5.74, 6) is 4.08. The van der Waals surface area contributed by atoms with Gasteiger partial charge in [-0.2, -0.15) is 0 Å². The summed E-state index contributed by atoms with van der Waals surface area (Å²) in [5.41, 5.74) is 16.2. The quantitative estimate of drug-likeness (QED) is 0.150. The summed E-state index contributed by atoms with van der Waals surface area (Å²) >= 11 is 0. The molecule has 130 heavy (non-hydrogen) atoms. The lowest BCUT2D eigenvalue weighted by atomic mass is 10.1. The van der Waals surface area contributed by atoms with Crippen molar-refractivity contribution >= 4 is 185 Å². The van der Waals surface area contributed by atoms with Crippen molar-refractivity contribution in [1.29, 1.82) is 0 Å². The molecular weight excluding hydrogens is 1630 g/mol. The molecule has 5 aliphatic rings. The second kappa shape index (κ2) is 31.8. The Morgan fingerprint density at radius 1 is 0.331 bits per heavy atom. The summed E-state index contributed by atoms with van der Waals surface area (Å²) in [7, 11) is 2.08. The van der Waals surface area contributed by atoms with Gasteiger partial charge in [0.2, 0.25) is 28.6 Å². The van der Waals surface area contributed by atoms with Crippen LogP contribution in [0.4, 0.5) is 74.8 Å². The average molecular weight is 1740 g/mol. The highest BCUT2D eigenvalue weighted by Crippen LogP contribution is 2.54. The van der Waals surface area contributed by atoms with Crippen molar-refractivity contribution in [1.82, 2.24) is 64.7 Å². The van der Waals surface area contributed by atoms with Gasteiger partial charge in [0, 0.05) is 184 Å². The number of furan rings is 5. The molecule has 24 rings (SSSR count). The average Bonchev–Trinajstić information content (AvgIpc) is 1.51. The molecule has 5 unspecified atom stereocenters. The van der Waals surface area contributed by atoms with Crippen LogP contribution in [0.15, 0.2) is 236 Å². The predicted molar refractivity (Wildman–Crippen MR) is 522 cm³/mol. The summed E-state index contributed by atoms with van der Waals surface area (Å²) in [6.45, 7) is 26.1. The van der Waals surface area contributed by atoms with Crippen LogP contribution < -0.4 is 44.1 Å². The molecule has 27 nitrogen and oxygen atoms in total. The number of pyridine rings is 6. The molecule has 0 spiro atoms. The summed E-state index contributed by atoms with van der Waals surface area (Å²) in [5, 5.41) is 9.87. The Kier molecular flexibility index (Phi) is 17.6. The second-order valence-electron chi connectivity index (χ2n) is 34.8. The van der Waals surface area contributed by atoms with Crippen molar-refractivity contribution in [2.24, 2.45) is 0 Å². The second-order valence-corrected chi connectivity index (χ2v) is 34.8. The van der Waals surface area contributed by atoms with E-state index in [1.54, 1.807) is 89.7 Å². The van der Waals surface area contributed by atoms with Crippen LogP contribution in [0.3, 0.4) is 0 Å². The Bertz CT molecular complexity index is 7750. The van der Waals surface area contributed by atoms with Crippen LogP contribution in [0.25, 0.3) is 110 Å². The zero-order valence-corrected chi connectivity index (χ0v) is 75.5. The van der Waals surface area contributed by atoms with Crippen LogP contribution in [0, 0.1) is 41.5 Å².